The first-order valence-corrected chi connectivity index (χ1v) is 10.5. The number of nitrogens with zero attached hydrogens (tertiary/aromatic N) is 1. The van der Waals surface area contributed by atoms with Crippen LogP contribution in [0.2, 0.25) is 0 Å². The Morgan fingerprint density at radius 3 is 2.72 bits per heavy atom. The molecule has 0 bridgehead atoms. The highest BCUT2D eigenvalue weighted by Gasteiger charge is 2.43. The third kappa shape index (κ3) is 4.78. The number of rotatable bonds is 7. The van der Waals surface area contributed by atoms with Crippen molar-refractivity contribution in [3.63, 3.8) is 0 Å². The molecular weight excluding hydrogens is 442 g/mol. The molecule has 4 rings (SSSR count). The van der Waals surface area contributed by atoms with Crippen LogP contribution in [0, 0.1) is 0 Å². The molecule has 2 aromatic heterocycles. The van der Waals surface area contributed by atoms with Gasteiger partial charge in [-0.05, 0) is 48.2 Å². The second-order valence-corrected chi connectivity index (χ2v) is 7.62. The standard InChI is InChI=1S/C21H18F2N4O4S/c1-2-24-19(28)15-9-12(5-7-25-15)11-26-14-6-8-32-18(14)20(29)27-13-3-4-16-17(10-13)31-21(22,23)30-16/h3-10,26H,2,11H2,1H3,(H,24,28)(H,27,29). The Bertz CT molecular complexity index is 1170. The molecule has 3 heterocycles. The van der Waals surface area contributed by atoms with Crippen LogP contribution in [-0.4, -0.2) is 29.6 Å². The van der Waals surface area contributed by atoms with E-state index >= 15 is 0 Å². The summed E-state index contributed by atoms with van der Waals surface area (Å²) in [6.07, 6.45) is -2.17. The van der Waals surface area contributed by atoms with Gasteiger partial charge in [0, 0.05) is 31.0 Å². The lowest BCUT2D eigenvalue weighted by Gasteiger charge is -2.10. The Hall–Kier alpha value is -3.73. The predicted molar refractivity (Wildman–Crippen MR) is 114 cm³/mol. The first-order chi connectivity index (χ1) is 15.3. The Morgan fingerprint density at radius 1 is 1.09 bits per heavy atom. The van der Waals surface area contributed by atoms with Gasteiger partial charge >= 0.3 is 6.29 Å². The van der Waals surface area contributed by atoms with Gasteiger partial charge in [0.25, 0.3) is 11.8 Å². The largest absolute Gasteiger partial charge is 0.586 e. The second-order valence-electron chi connectivity index (χ2n) is 6.71. The number of carbonyl (C=O) groups is 2. The van der Waals surface area contributed by atoms with Gasteiger partial charge in [0.15, 0.2) is 11.5 Å². The Kier molecular flexibility index (Phi) is 5.91. The van der Waals surface area contributed by atoms with Crippen molar-refractivity contribution in [2.75, 3.05) is 17.2 Å². The Balaban J connectivity index is 1.42. The molecule has 11 heteroatoms. The smallest absolute Gasteiger partial charge is 0.395 e. The molecular formula is C21H18F2N4O4S. The number of alkyl halides is 2. The van der Waals surface area contributed by atoms with Crippen LogP contribution in [-0.2, 0) is 6.54 Å². The zero-order valence-corrected chi connectivity index (χ0v) is 17.6. The molecule has 1 aliphatic rings. The van der Waals surface area contributed by atoms with E-state index in [4.69, 9.17) is 0 Å². The van der Waals surface area contributed by atoms with Crippen molar-refractivity contribution in [3.8, 4) is 11.5 Å². The van der Waals surface area contributed by atoms with Crippen LogP contribution < -0.4 is 25.4 Å². The third-order valence-corrected chi connectivity index (χ3v) is 5.32. The lowest BCUT2D eigenvalue weighted by Crippen LogP contribution is -2.25. The van der Waals surface area contributed by atoms with Crippen molar-refractivity contribution in [1.29, 1.82) is 0 Å². The maximum atomic E-state index is 13.2. The summed E-state index contributed by atoms with van der Waals surface area (Å²) in [7, 11) is 0. The molecule has 0 unspecified atom stereocenters. The van der Waals surface area contributed by atoms with Crippen LogP contribution in [0.5, 0.6) is 11.5 Å². The molecule has 32 heavy (non-hydrogen) atoms. The fourth-order valence-corrected chi connectivity index (χ4v) is 3.76. The average molecular weight is 460 g/mol. The molecule has 1 aromatic carbocycles. The number of hydrogen-bond acceptors (Lipinski definition) is 7. The summed E-state index contributed by atoms with van der Waals surface area (Å²) in [5, 5.41) is 10.3. The van der Waals surface area contributed by atoms with E-state index in [1.807, 2.05) is 6.92 Å². The summed E-state index contributed by atoms with van der Waals surface area (Å²) in [4.78, 5) is 29.1. The highest BCUT2D eigenvalue weighted by molar-refractivity contribution is 7.12. The molecule has 1 aliphatic heterocycles. The van der Waals surface area contributed by atoms with E-state index in [0.29, 0.717) is 29.3 Å². The number of aromatic nitrogens is 1. The molecule has 166 valence electrons. The molecule has 3 N–H and O–H groups in total. The summed E-state index contributed by atoms with van der Waals surface area (Å²) in [6, 6.07) is 9.22. The van der Waals surface area contributed by atoms with Crippen molar-refractivity contribution in [1.82, 2.24) is 10.3 Å². The van der Waals surface area contributed by atoms with Crippen molar-refractivity contribution < 1.29 is 27.8 Å². The SMILES string of the molecule is CCNC(=O)c1cc(CNc2ccsc2C(=O)Nc2ccc3c(c2)OC(F)(F)O3)ccn1. The number of pyridine rings is 1. The number of thiophene rings is 1. The van der Waals surface area contributed by atoms with Crippen LogP contribution in [0.4, 0.5) is 20.2 Å². The van der Waals surface area contributed by atoms with Gasteiger partial charge in [-0.15, -0.1) is 20.1 Å². The zero-order chi connectivity index (χ0) is 22.7. The van der Waals surface area contributed by atoms with Gasteiger partial charge in [0.1, 0.15) is 10.6 Å². The van der Waals surface area contributed by atoms with E-state index in [0.717, 1.165) is 5.56 Å². The molecule has 0 saturated heterocycles. The minimum atomic E-state index is -3.72. The molecule has 0 atom stereocenters. The number of ether oxygens (including phenoxy) is 2. The van der Waals surface area contributed by atoms with Gasteiger partial charge < -0.3 is 25.4 Å². The second kappa shape index (κ2) is 8.79. The van der Waals surface area contributed by atoms with Crippen molar-refractivity contribution in [2.24, 2.45) is 0 Å². The lowest BCUT2D eigenvalue weighted by molar-refractivity contribution is -0.286. The summed E-state index contributed by atoms with van der Waals surface area (Å²) >= 11 is 1.22. The van der Waals surface area contributed by atoms with Crippen LogP contribution in [0.3, 0.4) is 0 Å². The quantitative estimate of drug-likeness (QED) is 0.491. The Labute approximate surface area is 185 Å². The van der Waals surface area contributed by atoms with Gasteiger partial charge in [-0.2, -0.15) is 0 Å². The van der Waals surface area contributed by atoms with Crippen molar-refractivity contribution >= 4 is 34.5 Å². The maximum absolute atomic E-state index is 13.2. The molecule has 0 saturated carbocycles. The predicted octanol–water partition coefficient (Wildman–Crippen LogP) is 4.08. The Morgan fingerprint density at radius 2 is 1.91 bits per heavy atom. The number of amides is 2. The summed E-state index contributed by atoms with van der Waals surface area (Å²) < 4.78 is 35.1. The van der Waals surface area contributed by atoms with Gasteiger partial charge in [0.2, 0.25) is 0 Å². The van der Waals surface area contributed by atoms with E-state index in [2.05, 4.69) is 30.4 Å². The zero-order valence-electron chi connectivity index (χ0n) is 16.8. The van der Waals surface area contributed by atoms with Crippen LogP contribution in [0.25, 0.3) is 0 Å². The minimum Gasteiger partial charge on any atom is -0.395 e. The molecule has 3 aromatic rings. The van der Waals surface area contributed by atoms with E-state index in [9.17, 15) is 18.4 Å². The fourth-order valence-electron chi connectivity index (χ4n) is 3.00. The van der Waals surface area contributed by atoms with E-state index in [1.54, 1.807) is 29.8 Å². The monoisotopic (exact) mass is 460 g/mol. The number of fused-ring (bicyclic) bond motifs is 1. The van der Waals surface area contributed by atoms with Crippen molar-refractivity contribution in [2.45, 2.75) is 19.8 Å². The topological polar surface area (TPSA) is 102 Å². The van der Waals surface area contributed by atoms with Gasteiger partial charge in [-0.3, -0.25) is 14.6 Å². The number of hydrogen-bond donors (Lipinski definition) is 3. The van der Waals surface area contributed by atoms with E-state index in [1.165, 1.54) is 29.5 Å². The van der Waals surface area contributed by atoms with Crippen LogP contribution in [0.15, 0.2) is 48.0 Å². The van der Waals surface area contributed by atoms with E-state index in [-0.39, 0.29) is 23.1 Å². The average Bonchev–Trinajstić information content (AvgIpc) is 3.35. The summed E-state index contributed by atoms with van der Waals surface area (Å²) in [5.41, 5.74) is 2.00. The molecule has 0 aliphatic carbocycles. The van der Waals surface area contributed by atoms with Crippen LogP contribution in [0.1, 0.15) is 32.6 Å². The molecule has 8 nitrogen and oxygen atoms in total. The maximum Gasteiger partial charge on any atom is 0.586 e. The van der Waals surface area contributed by atoms with Crippen LogP contribution >= 0.6 is 11.3 Å². The number of carbonyl (C=O) groups excluding carboxylic acids is 2. The number of halogens is 2. The first kappa shape index (κ1) is 21.5. The molecule has 0 fully saturated rings. The van der Waals surface area contributed by atoms with Gasteiger partial charge in [0.05, 0.1) is 5.69 Å². The number of anilines is 2. The highest BCUT2D eigenvalue weighted by Crippen LogP contribution is 2.42. The fraction of sp³-hybridized carbons (Fsp3) is 0.190. The lowest BCUT2D eigenvalue weighted by atomic mass is 10.2. The normalized spacial score (nSPS) is 13.5. The third-order valence-electron chi connectivity index (χ3n) is 4.41. The summed E-state index contributed by atoms with van der Waals surface area (Å²) in [5.74, 6) is -0.925. The number of benzene rings is 1. The van der Waals surface area contributed by atoms with E-state index < -0.39 is 12.2 Å². The molecule has 2 amide bonds. The molecule has 0 spiro atoms. The molecule has 0 radical (unpaired) electrons. The highest BCUT2D eigenvalue weighted by atomic mass is 32.1. The number of nitrogens with one attached hydrogen (secondary N) is 3. The summed E-state index contributed by atoms with van der Waals surface area (Å²) in [6.45, 7) is 2.69. The first-order valence-electron chi connectivity index (χ1n) is 9.60. The minimum absolute atomic E-state index is 0.101. The van der Waals surface area contributed by atoms with Gasteiger partial charge in [-0.25, -0.2) is 0 Å². The van der Waals surface area contributed by atoms with Crippen molar-refractivity contribution in [3.05, 3.63) is 64.1 Å². The van der Waals surface area contributed by atoms with Gasteiger partial charge in [-0.1, -0.05) is 0 Å².